The number of carbonyl (C=O) groups is 1. The van der Waals surface area contributed by atoms with Crippen LogP contribution in [-0.4, -0.2) is 28.2 Å². The fourth-order valence-electron chi connectivity index (χ4n) is 3.91. The molecule has 8 heteroatoms. The Morgan fingerprint density at radius 1 is 1.32 bits per heavy atom. The van der Waals surface area contributed by atoms with Gasteiger partial charge in [0.15, 0.2) is 0 Å². The number of hydrogen-bond donors (Lipinski definition) is 2. The molecule has 1 aromatic rings. The number of alkyl halides is 3. The van der Waals surface area contributed by atoms with Gasteiger partial charge in [0.1, 0.15) is 5.82 Å². The molecule has 1 fully saturated rings. The van der Waals surface area contributed by atoms with Crippen molar-refractivity contribution in [3.05, 3.63) is 35.1 Å². The third kappa shape index (κ3) is 3.19. The van der Waals surface area contributed by atoms with Gasteiger partial charge in [-0.05, 0) is 36.0 Å². The van der Waals surface area contributed by atoms with Crippen molar-refractivity contribution in [2.45, 2.75) is 51.4 Å². The summed E-state index contributed by atoms with van der Waals surface area (Å²) in [6.45, 7) is 5.76. The van der Waals surface area contributed by atoms with Gasteiger partial charge in [-0.15, -0.1) is 0 Å². The number of nitrogens with zero attached hydrogens (tertiary/aromatic N) is 1. The van der Waals surface area contributed by atoms with E-state index in [1.165, 1.54) is 4.90 Å². The maximum absolute atomic E-state index is 14.0. The van der Waals surface area contributed by atoms with Crippen LogP contribution < -0.4 is 5.73 Å². The monoisotopic (exact) mass is 362 g/mol. The molecule has 140 valence electrons. The zero-order valence-corrected chi connectivity index (χ0v) is 14.3. The standard InChI is InChI=1S/C17H22F4N2O2/c1-15(2,3)16(7-4-8-23(16)14(24)25)13(22)10-5-6-11(12(18)9-10)17(19,20)21/h5-6,9,13H,4,7-8,22H2,1-3H3,(H,24,25)/t13-,16-/m0/s1. The van der Waals surface area contributed by atoms with Gasteiger partial charge >= 0.3 is 12.3 Å². The molecular weight excluding hydrogens is 340 g/mol. The van der Waals surface area contributed by atoms with E-state index in [-0.39, 0.29) is 12.1 Å². The van der Waals surface area contributed by atoms with Crippen LogP contribution in [0.25, 0.3) is 0 Å². The van der Waals surface area contributed by atoms with E-state index in [2.05, 4.69) is 0 Å². The minimum atomic E-state index is -4.80. The van der Waals surface area contributed by atoms with E-state index >= 15 is 0 Å². The summed E-state index contributed by atoms with van der Waals surface area (Å²) in [6, 6.07) is 1.59. The van der Waals surface area contributed by atoms with Gasteiger partial charge in [-0.3, -0.25) is 0 Å². The van der Waals surface area contributed by atoms with Crippen molar-refractivity contribution in [2.24, 2.45) is 11.1 Å². The maximum Gasteiger partial charge on any atom is 0.419 e. The van der Waals surface area contributed by atoms with Crippen LogP contribution in [0.3, 0.4) is 0 Å². The number of carboxylic acid groups (broad SMARTS) is 1. The lowest BCUT2D eigenvalue weighted by molar-refractivity contribution is -0.140. The first kappa shape index (κ1) is 19.5. The summed E-state index contributed by atoms with van der Waals surface area (Å²) < 4.78 is 52.2. The van der Waals surface area contributed by atoms with E-state index in [9.17, 15) is 27.5 Å². The van der Waals surface area contributed by atoms with Gasteiger partial charge in [-0.25, -0.2) is 9.18 Å². The van der Waals surface area contributed by atoms with E-state index in [0.29, 0.717) is 18.9 Å². The van der Waals surface area contributed by atoms with Crippen LogP contribution in [0, 0.1) is 11.2 Å². The average molecular weight is 362 g/mol. The number of hydrogen-bond acceptors (Lipinski definition) is 2. The molecule has 1 aromatic carbocycles. The molecule has 1 heterocycles. The van der Waals surface area contributed by atoms with Crippen molar-refractivity contribution in [2.75, 3.05) is 6.54 Å². The van der Waals surface area contributed by atoms with Gasteiger partial charge in [-0.1, -0.05) is 26.8 Å². The third-order valence-corrected chi connectivity index (χ3v) is 5.12. The molecule has 1 amide bonds. The van der Waals surface area contributed by atoms with Gasteiger partial charge in [0.25, 0.3) is 0 Å². The molecule has 0 aliphatic carbocycles. The molecule has 0 spiro atoms. The largest absolute Gasteiger partial charge is 0.465 e. The van der Waals surface area contributed by atoms with Crippen LogP contribution >= 0.6 is 0 Å². The molecule has 0 bridgehead atoms. The average Bonchev–Trinajstić information content (AvgIpc) is 2.90. The minimum absolute atomic E-state index is 0.147. The predicted octanol–water partition coefficient (Wildman–Crippen LogP) is 4.40. The van der Waals surface area contributed by atoms with E-state index in [1.807, 2.05) is 20.8 Å². The molecule has 2 atom stereocenters. The summed E-state index contributed by atoms with van der Waals surface area (Å²) in [5.74, 6) is -1.41. The number of benzene rings is 1. The van der Waals surface area contributed by atoms with Crippen molar-refractivity contribution in [3.63, 3.8) is 0 Å². The molecule has 0 radical (unpaired) electrons. The second kappa shape index (κ2) is 6.16. The molecule has 1 saturated heterocycles. The molecular formula is C17H22F4N2O2. The molecule has 3 N–H and O–H groups in total. The SMILES string of the molecule is CC(C)(C)[C@@]1([C@@H](N)c2ccc(C(F)(F)F)c(F)c2)CCCN1C(=O)O. The van der Waals surface area contributed by atoms with Gasteiger partial charge in [-0.2, -0.15) is 13.2 Å². The Balaban J connectivity index is 2.54. The van der Waals surface area contributed by atoms with E-state index in [0.717, 1.165) is 12.1 Å². The van der Waals surface area contributed by atoms with Crippen molar-refractivity contribution < 1.29 is 27.5 Å². The highest BCUT2D eigenvalue weighted by Crippen LogP contribution is 2.50. The number of rotatable bonds is 2. The molecule has 1 aliphatic heterocycles. The predicted molar refractivity (Wildman–Crippen MR) is 84.5 cm³/mol. The zero-order chi connectivity index (χ0) is 19.2. The van der Waals surface area contributed by atoms with E-state index in [4.69, 9.17) is 5.73 Å². The van der Waals surface area contributed by atoms with Crippen molar-refractivity contribution in [3.8, 4) is 0 Å². The first-order chi connectivity index (χ1) is 11.3. The highest BCUT2D eigenvalue weighted by atomic mass is 19.4. The van der Waals surface area contributed by atoms with Crippen LogP contribution in [0.4, 0.5) is 22.4 Å². The van der Waals surface area contributed by atoms with Crippen LogP contribution in [0.2, 0.25) is 0 Å². The highest BCUT2D eigenvalue weighted by molar-refractivity contribution is 5.67. The van der Waals surface area contributed by atoms with E-state index in [1.54, 1.807) is 0 Å². The molecule has 2 rings (SSSR count). The van der Waals surface area contributed by atoms with Crippen molar-refractivity contribution >= 4 is 6.09 Å². The summed E-state index contributed by atoms with van der Waals surface area (Å²) in [6.07, 6.45) is -4.91. The van der Waals surface area contributed by atoms with E-state index < -0.39 is 40.6 Å². The summed E-state index contributed by atoms with van der Waals surface area (Å²) in [7, 11) is 0. The Hall–Kier alpha value is -1.83. The Labute approximate surface area is 143 Å². The number of likely N-dealkylation sites (tertiary alicyclic amines) is 1. The third-order valence-electron chi connectivity index (χ3n) is 5.12. The normalized spacial score (nSPS) is 23.0. The molecule has 4 nitrogen and oxygen atoms in total. The molecule has 0 aromatic heterocycles. The summed E-state index contributed by atoms with van der Waals surface area (Å²) in [4.78, 5) is 12.9. The quantitative estimate of drug-likeness (QED) is 0.766. The maximum atomic E-state index is 14.0. The molecule has 0 saturated carbocycles. The molecule has 1 aliphatic rings. The second-order valence-corrected chi connectivity index (χ2v) is 7.43. The number of nitrogens with two attached hydrogens (primary N) is 1. The lowest BCUT2D eigenvalue weighted by Gasteiger charge is -2.51. The van der Waals surface area contributed by atoms with Crippen LogP contribution in [0.5, 0.6) is 0 Å². The Kier molecular flexibility index (Phi) is 4.80. The lowest BCUT2D eigenvalue weighted by Crippen LogP contribution is -2.61. The molecule has 0 unspecified atom stereocenters. The molecule has 25 heavy (non-hydrogen) atoms. The van der Waals surface area contributed by atoms with Crippen LogP contribution in [0.15, 0.2) is 18.2 Å². The van der Waals surface area contributed by atoms with Crippen LogP contribution in [-0.2, 0) is 6.18 Å². The first-order valence-electron chi connectivity index (χ1n) is 7.95. The Morgan fingerprint density at radius 2 is 1.92 bits per heavy atom. The fourth-order valence-corrected chi connectivity index (χ4v) is 3.91. The van der Waals surface area contributed by atoms with Crippen molar-refractivity contribution in [1.82, 2.24) is 4.90 Å². The summed E-state index contributed by atoms with van der Waals surface area (Å²) in [5, 5.41) is 9.56. The number of halogens is 4. The van der Waals surface area contributed by atoms with Gasteiger partial charge in [0.05, 0.1) is 17.1 Å². The topological polar surface area (TPSA) is 66.6 Å². The minimum Gasteiger partial charge on any atom is -0.465 e. The highest BCUT2D eigenvalue weighted by Gasteiger charge is 2.56. The summed E-state index contributed by atoms with van der Waals surface area (Å²) >= 11 is 0. The smallest absolute Gasteiger partial charge is 0.419 e. The lowest BCUT2D eigenvalue weighted by atomic mass is 9.66. The van der Waals surface area contributed by atoms with Crippen molar-refractivity contribution in [1.29, 1.82) is 0 Å². The Morgan fingerprint density at radius 3 is 2.36 bits per heavy atom. The van der Waals surface area contributed by atoms with Gasteiger partial charge in [0.2, 0.25) is 0 Å². The number of amides is 1. The fraction of sp³-hybridized carbons (Fsp3) is 0.588. The zero-order valence-electron chi connectivity index (χ0n) is 14.3. The summed E-state index contributed by atoms with van der Waals surface area (Å²) in [5.41, 5.74) is 3.47. The second-order valence-electron chi connectivity index (χ2n) is 7.43. The van der Waals surface area contributed by atoms with Crippen LogP contribution in [0.1, 0.15) is 50.8 Å². The van der Waals surface area contributed by atoms with Gasteiger partial charge < -0.3 is 15.7 Å². The Bertz CT molecular complexity index is 670. The first-order valence-corrected chi connectivity index (χ1v) is 7.95. The van der Waals surface area contributed by atoms with Gasteiger partial charge in [0, 0.05) is 6.54 Å².